The molecule has 0 radical (unpaired) electrons. The quantitative estimate of drug-likeness (QED) is 0.224. The van der Waals surface area contributed by atoms with Crippen molar-refractivity contribution in [3.63, 3.8) is 0 Å². The summed E-state index contributed by atoms with van der Waals surface area (Å²) in [6.45, 7) is 7.38. The number of hydrogen-bond donors (Lipinski definition) is 0. The Hall–Kier alpha value is -2.12. The molecular weight excluding hydrogens is 528 g/mol. The minimum atomic E-state index is -2.53. The normalized spacial score (nSPS) is 19.9. The first kappa shape index (κ1) is 23.1. The Morgan fingerprint density at radius 3 is 2.78 bits per heavy atom. The van der Waals surface area contributed by atoms with E-state index in [1.54, 1.807) is 13.1 Å². The number of pyridine rings is 1. The van der Waals surface area contributed by atoms with Gasteiger partial charge in [0, 0.05) is 0 Å². The number of nitrogens with zero attached hydrogens (tertiary/aromatic N) is 2. The molecular formula is C25H27F3IN2O+. The monoisotopic (exact) mass is 555 g/mol. The van der Waals surface area contributed by atoms with E-state index in [1.807, 2.05) is 18.4 Å². The Kier molecular flexibility index (Phi) is 7.05. The maximum absolute atomic E-state index is 13.3. The molecule has 3 nitrogen and oxygen atoms in total. The molecule has 3 aliphatic rings. The van der Waals surface area contributed by atoms with E-state index in [0.29, 0.717) is 12.3 Å². The molecule has 1 atom stereocenters. The Morgan fingerprint density at radius 2 is 2.06 bits per heavy atom. The SMILES string of the molecule is C=C1c2c(ccnc2OCC(F)F)CI1CC1=C(C)C=C(C2=CC(CC(C)F)=[N+]=C2)CC1. The predicted octanol–water partition coefficient (Wildman–Crippen LogP) is 6.02. The number of allylic oxidation sites excluding steroid dienone is 6. The van der Waals surface area contributed by atoms with Gasteiger partial charge in [-0.05, 0) is 0 Å². The van der Waals surface area contributed by atoms with Crippen molar-refractivity contribution in [3.8, 4) is 5.88 Å². The predicted molar refractivity (Wildman–Crippen MR) is 134 cm³/mol. The summed E-state index contributed by atoms with van der Waals surface area (Å²) in [6, 6.07) is 1.96. The zero-order valence-electron chi connectivity index (χ0n) is 18.3. The molecule has 0 fully saturated rings. The van der Waals surface area contributed by atoms with Crippen LogP contribution in [-0.2, 0) is 4.43 Å². The molecule has 0 amide bonds. The standard InChI is InChI=1S/C25H27F3IN2O/c1-15-8-18(21-10-22(31-13-21)9-16(2)26)4-5-19(15)11-29-12-20-6-7-30-25(24(20)17(29)3)32-14-23(27)28/h6-8,10,13,16,23H,3-5,9,11-12,14H2,1-2H3/q+1. The van der Waals surface area contributed by atoms with Gasteiger partial charge in [-0.1, -0.05) is 0 Å². The van der Waals surface area contributed by atoms with E-state index >= 15 is 0 Å². The van der Waals surface area contributed by atoms with Crippen molar-refractivity contribution in [2.75, 3.05) is 11.0 Å². The summed E-state index contributed by atoms with van der Waals surface area (Å²) in [7, 11) is 0. The maximum atomic E-state index is 13.3. The van der Waals surface area contributed by atoms with Crippen LogP contribution in [0.2, 0.25) is 0 Å². The van der Waals surface area contributed by atoms with Crippen LogP contribution in [0, 0.1) is 0 Å². The van der Waals surface area contributed by atoms with Crippen LogP contribution in [0.4, 0.5) is 13.2 Å². The van der Waals surface area contributed by atoms with E-state index in [-0.39, 0.29) is 0 Å². The van der Waals surface area contributed by atoms with Crippen LogP contribution in [0.15, 0.2) is 53.3 Å². The first-order valence-electron chi connectivity index (χ1n) is 10.7. The zero-order valence-corrected chi connectivity index (χ0v) is 20.5. The van der Waals surface area contributed by atoms with Gasteiger partial charge in [0.25, 0.3) is 0 Å². The zero-order chi connectivity index (χ0) is 22.8. The van der Waals surface area contributed by atoms with E-state index in [1.165, 1.54) is 16.7 Å². The molecule has 0 aromatic carbocycles. The molecule has 1 unspecified atom stereocenters. The molecule has 0 bridgehead atoms. The molecule has 170 valence electrons. The summed E-state index contributed by atoms with van der Waals surface area (Å²) in [4.78, 5) is 4.19. The van der Waals surface area contributed by atoms with Crippen molar-refractivity contribution >= 4 is 35.3 Å². The number of halogens is 4. The fraction of sp³-hybridized carbons (Fsp3) is 0.400. The molecule has 1 aromatic heterocycles. The van der Waals surface area contributed by atoms with E-state index < -0.39 is 39.0 Å². The van der Waals surface area contributed by atoms with Crippen molar-refractivity contribution in [2.24, 2.45) is 0 Å². The van der Waals surface area contributed by atoms with Gasteiger partial charge in [-0.15, -0.1) is 0 Å². The van der Waals surface area contributed by atoms with Crippen LogP contribution in [0.1, 0.15) is 44.2 Å². The van der Waals surface area contributed by atoms with Gasteiger partial charge in [0.05, 0.1) is 0 Å². The summed E-state index contributed by atoms with van der Waals surface area (Å²) in [5, 5.41) is 0. The number of fused-ring (bicyclic) bond motifs is 1. The van der Waals surface area contributed by atoms with Crippen LogP contribution in [0.5, 0.6) is 5.88 Å². The second kappa shape index (κ2) is 9.79. The number of aromatic nitrogens is 1. The van der Waals surface area contributed by atoms with Crippen molar-refractivity contribution in [1.82, 2.24) is 9.65 Å². The van der Waals surface area contributed by atoms with Crippen molar-refractivity contribution in [3.05, 3.63) is 64.4 Å². The van der Waals surface area contributed by atoms with Gasteiger partial charge in [-0.3, -0.25) is 0 Å². The minimum absolute atomic E-state index is 0.297. The summed E-state index contributed by atoms with van der Waals surface area (Å²) >= 11 is -1.61. The molecule has 1 aromatic rings. The first-order valence-corrected chi connectivity index (χ1v) is 14.8. The van der Waals surface area contributed by atoms with Gasteiger partial charge in [0.1, 0.15) is 0 Å². The van der Waals surface area contributed by atoms with Gasteiger partial charge >= 0.3 is 194 Å². The summed E-state index contributed by atoms with van der Waals surface area (Å²) in [5.74, 6) is 0.297. The van der Waals surface area contributed by atoms with E-state index in [0.717, 1.165) is 47.7 Å². The third-order valence-electron chi connectivity index (χ3n) is 5.77. The van der Waals surface area contributed by atoms with Crippen molar-refractivity contribution < 1.29 is 17.9 Å². The number of alkyl halides is 5. The number of rotatable bonds is 8. The van der Waals surface area contributed by atoms with Crippen LogP contribution in [0.25, 0.3) is 3.58 Å². The Balaban J connectivity index is 1.46. The Labute approximate surface area is 194 Å². The molecule has 0 N–H and O–H groups in total. The third-order valence-corrected chi connectivity index (χ3v) is 11.7. The van der Waals surface area contributed by atoms with Crippen molar-refractivity contribution in [2.45, 2.75) is 50.1 Å². The van der Waals surface area contributed by atoms with Crippen LogP contribution in [-0.4, -0.2) is 40.5 Å². The van der Waals surface area contributed by atoms with Gasteiger partial charge in [0.2, 0.25) is 0 Å². The van der Waals surface area contributed by atoms with E-state index in [4.69, 9.17) is 4.74 Å². The second-order valence-corrected chi connectivity index (χ2v) is 13.7. The average molecular weight is 555 g/mol. The van der Waals surface area contributed by atoms with Gasteiger partial charge in [-0.25, -0.2) is 0 Å². The molecule has 0 saturated heterocycles. The average Bonchev–Trinajstić information content (AvgIpc) is 3.32. The summed E-state index contributed by atoms with van der Waals surface area (Å²) in [5.41, 5.74) is 7.86. The van der Waals surface area contributed by atoms with Gasteiger partial charge in [-0.2, -0.15) is 0 Å². The molecule has 0 saturated carbocycles. The molecule has 4 rings (SSSR count). The fourth-order valence-electron chi connectivity index (χ4n) is 4.14. The van der Waals surface area contributed by atoms with Gasteiger partial charge in [0.15, 0.2) is 0 Å². The van der Waals surface area contributed by atoms with E-state index in [9.17, 15) is 13.2 Å². The molecule has 7 heteroatoms. The fourth-order valence-corrected chi connectivity index (χ4v) is 10.4. The van der Waals surface area contributed by atoms with Gasteiger partial charge < -0.3 is 0 Å². The van der Waals surface area contributed by atoms with Crippen LogP contribution in [0.3, 0.4) is 0 Å². The summed E-state index contributed by atoms with van der Waals surface area (Å²) < 4.78 is 51.2. The van der Waals surface area contributed by atoms with Crippen molar-refractivity contribution in [1.29, 1.82) is 0 Å². The number of hydrogen-bond acceptors (Lipinski definition) is 2. The Bertz CT molecular complexity index is 1090. The van der Waals surface area contributed by atoms with E-state index in [2.05, 4.69) is 29.2 Å². The first-order chi connectivity index (χ1) is 15.3. The second-order valence-electron chi connectivity index (χ2n) is 8.27. The molecule has 1 aliphatic carbocycles. The van der Waals surface area contributed by atoms with Crippen LogP contribution >= 0.6 is 19.8 Å². The topological polar surface area (TPSA) is 36.2 Å². The molecule has 32 heavy (non-hydrogen) atoms. The molecule has 3 heterocycles. The Morgan fingerprint density at radius 1 is 1.25 bits per heavy atom. The summed E-state index contributed by atoms with van der Waals surface area (Å²) in [6.07, 6.45) is 6.58. The molecule has 0 spiro atoms. The van der Waals surface area contributed by atoms with Crippen LogP contribution < -0.4 is 9.40 Å². The third kappa shape index (κ3) is 5.09. The molecule has 2 aliphatic heterocycles. The number of ether oxygens (including phenoxy) is 1.